The molecule has 1 amide bonds. The largest absolute Gasteiger partial charge is 0.493 e. The third-order valence-electron chi connectivity index (χ3n) is 4.62. The molecular weight excluding hydrogens is 354 g/mol. The highest BCUT2D eigenvalue weighted by Gasteiger charge is 2.08. The predicted octanol–water partition coefficient (Wildman–Crippen LogP) is 4.41. The number of hydrogen-bond acceptors (Lipinski definition) is 5. The first-order chi connectivity index (χ1) is 13.7. The van der Waals surface area contributed by atoms with E-state index in [1.807, 2.05) is 18.2 Å². The highest BCUT2D eigenvalue weighted by Crippen LogP contribution is 2.25. The summed E-state index contributed by atoms with van der Waals surface area (Å²) in [5.41, 5.74) is 2.49. The number of methoxy groups -OCH3 is 1. The van der Waals surface area contributed by atoms with Gasteiger partial charge in [-0.05, 0) is 56.4 Å². The number of para-hydroxylation sites is 2. The van der Waals surface area contributed by atoms with Crippen molar-refractivity contribution in [3.05, 3.63) is 54.2 Å². The van der Waals surface area contributed by atoms with Crippen LogP contribution in [0.3, 0.4) is 0 Å². The van der Waals surface area contributed by atoms with Crippen LogP contribution in [0.1, 0.15) is 32.1 Å². The summed E-state index contributed by atoms with van der Waals surface area (Å²) in [6.07, 6.45) is 10.2. The molecule has 0 saturated heterocycles. The Bertz CT molecular complexity index is 803. The number of ether oxygens (including phenoxy) is 2. The van der Waals surface area contributed by atoms with Crippen LogP contribution in [0.2, 0.25) is 0 Å². The lowest BCUT2D eigenvalue weighted by atomic mass is 9.97. The fourth-order valence-corrected chi connectivity index (χ4v) is 3.13. The van der Waals surface area contributed by atoms with Gasteiger partial charge in [0.2, 0.25) is 0 Å². The number of amides is 1. The molecule has 0 saturated carbocycles. The third kappa shape index (κ3) is 6.01. The number of pyridine rings is 1. The molecule has 1 aliphatic rings. The zero-order chi connectivity index (χ0) is 19.6. The summed E-state index contributed by atoms with van der Waals surface area (Å²) >= 11 is 0. The number of carbonyl (C=O) groups excluding carboxylic acids is 1. The minimum atomic E-state index is -0.275. The molecule has 6 nitrogen and oxygen atoms in total. The molecule has 1 aliphatic carbocycles. The number of allylic oxidation sites excluding steroid dienone is 1. The third-order valence-corrected chi connectivity index (χ3v) is 4.62. The Morgan fingerprint density at radius 1 is 1.14 bits per heavy atom. The number of aromatic nitrogens is 1. The Morgan fingerprint density at radius 2 is 2.00 bits per heavy atom. The van der Waals surface area contributed by atoms with Crippen LogP contribution in [-0.4, -0.2) is 31.2 Å². The molecule has 0 aliphatic heterocycles. The molecule has 1 heterocycles. The first-order valence-corrected chi connectivity index (χ1v) is 9.68. The van der Waals surface area contributed by atoms with Gasteiger partial charge in [0.1, 0.15) is 5.82 Å². The van der Waals surface area contributed by atoms with Gasteiger partial charge in [-0.1, -0.05) is 23.8 Å². The molecule has 3 rings (SSSR count). The maximum Gasteiger partial charge on any atom is 0.263 e. The lowest BCUT2D eigenvalue weighted by Gasteiger charge is -2.13. The average molecular weight is 381 g/mol. The fraction of sp³-hybridized carbons (Fsp3) is 0.364. The molecule has 0 fully saturated rings. The van der Waals surface area contributed by atoms with E-state index in [4.69, 9.17) is 9.47 Å². The van der Waals surface area contributed by atoms with Gasteiger partial charge in [0.25, 0.3) is 5.91 Å². The van der Waals surface area contributed by atoms with Crippen molar-refractivity contribution in [1.29, 1.82) is 0 Å². The van der Waals surface area contributed by atoms with Crippen molar-refractivity contribution < 1.29 is 14.3 Å². The van der Waals surface area contributed by atoms with Gasteiger partial charge in [-0.25, -0.2) is 4.98 Å². The molecule has 2 N–H and O–H groups in total. The highest BCUT2D eigenvalue weighted by molar-refractivity contribution is 5.91. The van der Waals surface area contributed by atoms with Crippen molar-refractivity contribution in [2.24, 2.45) is 0 Å². The lowest BCUT2D eigenvalue weighted by molar-refractivity contribution is -0.118. The van der Waals surface area contributed by atoms with Crippen LogP contribution in [0, 0.1) is 0 Å². The van der Waals surface area contributed by atoms with Crippen molar-refractivity contribution in [3.63, 3.8) is 0 Å². The van der Waals surface area contributed by atoms with Gasteiger partial charge < -0.3 is 20.1 Å². The second-order valence-corrected chi connectivity index (χ2v) is 6.70. The van der Waals surface area contributed by atoms with Gasteiger partial charge in [0, 0.05) is 6.54 Å². The molecule has 1 aromatic heterocycles. The van der Waals surface area contributed by atoms with Crippen molar-refractivity contribution in [1.82, 2.24) is 4.98 Å². The van der Waals surface area contributed by atoms with E-state index in [0.29, 0.717) is 17.3 Å². The maximum absolute atomic E-state index is 12.1. The Balaban J connectivity index is 1.42. The molecule has 0 bridgehead atoms. The van der Waals surface area contributed by atoms with Crippen LogP contribution in [0.15, 0.2) is 54.2 Å². The van der Waals surface area contributed by atoms with E-state index < -0.39 is 0 Å². The molecule has 0 radical (unpaired) electrons. The first kappa shape index (κ1) is 19.7. The second kappa shape index (κ2) is 10.3. The summed E-state index contributed by atoms with van der Waals surface area (Å²) in [5.74, 6) is 1.34. The van der Waals surface area contributed by atoms with E-state index in [1.165, 1.54) is 25.7 Å². The van der Waals surface area contributed by atoms with Crippen molar-refractivity contribution in [2.45, 2.75) is 32.1 Å². The summed E-state index contributed by atoms with van der Waals surface area (Å²) in [5, 5.41) is 6.11. The predicted molar refractivity (Wildman–Crippen MR) is 111 cm³/mol. The molecule has 6 heteroatoms. The molecular formula is C22H27N3O3. The highest BCUT2D eigenvalue weighted by atomic mass is 16.5. The Morgan fingerprint density at radius 3 is 2.71 bits per heavy atom. The average Bonchev–Trinajstić information content (AvgIpc) is 2.74. The lowest BCUT2D eigenvalue weighted by Crippen LogP contribution is -2.21. The quantitative estimate of drug-likeness (QED) is 0.630. The van der Waals surface area contributed by atoms with Crippen LogP contribution in [-0.2, 0) is 4.79 Å². The van der Waals surface area contributed by atoms with E-state index in [1.54, 1.807) is 37.1 Å². The topological polar surface area (TPSA) is 72.5 Å². The van der Waals surface area contributed by atoms with Gasteiger partial charge in [0.15, 0.2) is 18.1 Å². The van der Waals surface area contributed by atoms with Gasteiger partial charge in [-0.3, -0.25) is 4.79 Å². The fourth-order valence-electron chi connectivity index (χ4n) is 3.13. The number of nitrogens with one attached hydrogen (secondary N) is 2. The zero-order valence-electron chi connectivity index (χ0n) is 16.2. The number of benzene rings is 1. The Labute approximate surface area is 166 Å². The van der Waals surface area contributed by atoms with Gasteiger partial charge in [-0.2, -0.15) is 0 Å². The number of anilines is 2. The van der Waals surface area contributed by atoms with Gasteiger partial charge >= 0.3 is 0 Å². The Hall–Kier alpha value is -3.02. The maximum atomic E-state index is 12.1. The number of hydrogen-bond donors (Lipinski definition) is 2. The second-order valence-electron chi connectivity index (χ2n) is 6.70. The minimum Gasteiger partial charge on any atom is -0.493 e. The van der Waals surface area contributed by atoms with E-state index >= 15 is 0 Å². The summed E-state index contributed by atoms with van der Waals surface area (Å²) < 4.78 is 10.7. The van der Waals surface area contributed by atoms with Crippen LogP contribution >= 0.6 is 0 Å². The van der Waals surface area contributed by atoms with Gasteiger partial charge in [0.05, 0.1) is 19.0 Å². The minimum absolute atomic E-state index is 0.114. The molecule has 1 aromatic carbocycles. The standard InChI is InChI=1S/C22H27N3O3/c1-27-19-9-5-6-10-20(19)28-16-22(26)25-21-12-11-18(15-24-21)23-14-13-17-7-3-2-4-8-17/h5-7,9-12,15,23H,2-4,8,13-14,16H2,1H3,(H,24,25,26). The van der Waals surface area contributed by atoms with E-state index in [0.717, 1.165) is 18.7 Å². The molecule has 0 unspecified atom stereocenters. The molecule has 28 heavy (non-hydrogen) atoms. The van der Waals surface area contributed by atoms with Crippen molar-refractivity contribution >= 4 is 17.4 Å². The summed E-state index contributed by atoms with van der Waals surface area (Å²) in [6.45, 7) is 0.781. The molecule has 0 spiro atoms. The summed E-state index contributed by atoms with van der Waals surface area (Å²) in [6, 6.07) is 10.9. The van der Waals surface area contributed by atoms with Gasteiger partial charge in [-0.15, -0.1) is 0 Å². The van der Waals surface area contributed by atoms with E-state index in [2.05, 4.69) is 21.7 Å². The normalized spacial score (nSPS) is 13.4. The Kier molecular flexibility index (Phi) is 7.29. The van der Waals surface area contributed by atoms with Crippen molar-refractivity contribution in [3.8, 4) is 11.5 Å². The zero-order valence-corrected chi connectivity index (χ0v) is 16.2. The monoisotopic (exact) mass is 381 g/mol. The van der Waals surface area contributed by atoms with E-state index in [-0.39, 0.29) is 12.5 Å². The smallest absolute Gasteiger partial charge is 0.263 e. The summed E-state index contributed by atoms with van der Waals surface area (Å²) in [7, 11) is 1.56. The first-order valence-electron chi connectivity index (χ1n) is 9.68. The van der Waals surface area contributed by atoms with E-state index in [9.17, 15) is 4.79 Å². The van der Waals surface area contributed by atoms with Crippen LogP contribution in [0.4, 0.5) is 11.5 Å². The number of carbonyl (C=O) groups is 1. The number of nitrogens with zero attached hydrogens (tertiary/aromatic N) is 1. The molecule has 148 valence electrons. The SMILES string of the molecule is COc1ccccc1OCC(=O)Nc1ccc(NCCC2=CCCCC2)cn1. The van der Waals surface area contributed by atoms with Crippen LogP contribution in [0.5, 0.6) is 11.5 Å². The van der Waals surface area contributed by atoms with Crippen LogP contribution in [0.25, 0.3) is 0 Å². The molecule has 0 atom stereocenters. The number of rotatable bonds is 9. The van der Waals surface area contributed by atoms with Crippen LogP contribution < -0.4 is 20.1 Å². The molecule has 2 aromatic rings. The summed E-state index contributed by atoms with van der Waals surface area (Å²) in [4.78, 5) is 16.4. The van der Waals surface area contributed by atoms with Crippen molar-refractivity contribution in [2.75, 3.05) is 30.9 Å².